The molecule has 10 aromatic rings. The highest BCUT2D eigenvalue weighted by molar-refractivity contribution is 6.23. The minimum Gasteiger partial charge on any atom is -0.456 e. The second kappa shape index (κ2) is 9.22. The van der Waals surface area contributed by atoms with Crippen molar-refractivity contribution in [2.75, 3.05) is 0 Å². The molecule has 0 spiro atoms. The summed E-state index contributed by atoms with van der Waals surface area (Å²) in [7, 11) is 0. The fraction of sp³-hybridized carbons (Fsp3) is 0. The average molecular weight is 577 g/mol. The van der Waals surface area contributed by atoms with Crippen molar-refractivity contribution in [1.82, 2.24) is 0 Å². The number of rotatable bonds is 3. The molecule has 210 valence electrons. The third-order valence-corrected chi connectivity index (χ3v) is 9.08. The number of hydrogen-bond donors (Lipinski definition) is 0. The maximum Gasteiger partial charge on any atom is 0.147 e. The Morgan fingerprint density at radius 3 is 1.31 bits per heavy atom. The van der Waals surface area contributed by atoms with E-state index in [0.717, 1.165) is 88.1 Å². The molecule has 0 bridgehead atoms. The van der Waals surface area contributed by atoms with E-state index in [1.54, 1.807) is 0 Å². The van der Waals surface area contributed by atoms with E-state index in [4.69, 9.17) is 13.3 Å². The second-order valence-corrected chi connectivity index (χ2v) is 11.7. The highest BCUT2D eigenvalue weighted by atomic mass is 16.3. The molecule has 7 aromatic carbocycles. The Kier molecular flexibility index (Phi) is 5.00. The predicted octanol–water partition coefficient (Wildman–Crippen LogP) is 12.4. The maximum absolute atomic E-state index is 6.72. The summed E-state index contributed by atoms with van der Waals surface area (Å²) in [5.74, 6) is 0. The fourth-order valence-electron chi connectivity index (χ4n) is 6.90. The molecule has 3 heterocycles. The van der Waals surface area contributed by atoms with E-state index < -0.39 is 0 Å². The van der Waals surface area contributed by atoms with Gasteiger partial charge in [0.1, 0.15) is 33.5 Å². The standard InChI is InChI=1S/C42H24O3/c1-3-9-25(10-4-1)27-15-18-38-32(21-27)34-24-35-33-22-28(26-11-5-2-6-12-26)16-19-39(33)45-42(35)40(41(34)44-38)29-17-20-37-31(23-29)30-13-7-8-14-36(30)43-37/h1-24H. The van der Waals surface area contributed by atoms with Gasteiger partial charge in [-0.25, -0.2) is 0 Å². The van der Waals surface area contributed by atoms with Crippen molar-refractivity contribution >= 4 is 65.8 Å². The van der Waals surface area contributed by atoms with Crippen LogP contribution in [0, 0.1) is 0 Å². The monoisotopic (exact) mass is 576 g/mol. The number of para-hydroxylation sites is 1. The van der Waals surface area contributed by atoms with Gasteiger partial charge in [0.15, 0.2) is 0 Å². The molecule has 3 aromatic heterocycles. The SMILES string of the molecule is c1ccc(-c2ccc3oc4c(-c5ccc6oc7ccccc7c6c5)c5oc6ccc(-c7ccccc7)cc6c5cc4c3c2)cc1. The molecular formula is C42H24O3. The first-order valence-electron chi connectivity index (χ1n) is 15.2. The Balaban J connectivity index is 1.32. The first-order valence-corrected chi connectivity index (χ1v) is 15.2. The Morgan fingerprint density at radius 2 is 0.711 bits per heavy atom. The van der Waals surface area contributed by atoms with Gasteiger partial charge in [0.25, 0.3) is 0 Å². The van der Waals surface area contributed by atoms with Gasteiger partial charge in [0.2, 0.25) is 0 Å². The van der Waals surface area contributed by atoms with E-state index in [0.29, 0.717) is 0 Å². The van der Waals surface area contributed by atoms with Crippen LogP contribution in [0.15, 0.2) is 159 Å². The number of fused-ring (bicyclic) bond motifs is 9. The van der Waals surface area contributed by atoms with Crippen LogP contribution in [-0.2, 0) is 0 Å². The first-order chi connectivity index (χ1) is 22.3. The Hall–Kier alpha value is -6.06. The van der Waals surface area contributed by atoms with Gasteiger partial charge >= 0.3 is 0 Å². The molecule has 0 aliphatic heterocycles. The van der Waals surface area contributed by atoms with Crippen LogP contribution >= 0.6 is 0 Å². The molecule has 0 N–H and O–H groups in total. The minimum atomic E-state index is 0.817. The lowest BCUT2D eigenvalue weighted by atomic mass is 9.96. The summed E-state index contributed by atoms with van der Waals surface area (Å²) < 4.78 is 19.6. The number of furan rings is 3. The molecule has 0 aliphatic carbocycles. The molecule has 3 nitrogen and oxygen atoms in total. The maximum atomic E-state index is 6.72. The second-order valence-electron chi connectivity index (χ2n) is 11.7. The molecule has 0 fully saturated rings. The van der Waals surface area contributed by atoms with Crippen molar-refractivity contribution < 1.29 is 13.3 Å². The van der Waals surface area contributed by atoms with Gasteiger partial charge in [0, 0.05) is 32.3 Å². The van der Waals surface area contributed by atoms with E-state index in [-0.39, 0.29) is 0 Å². The van der Waals surface area contributed by atoms with Crippen molar-refractivity contribution in [2.45, 2.75) is 0 Å². The Labute approximate surface area is 257 Å². The van der Waals surface area contributed by atoms with E-state index in [1.807, 2.05) is 24.3 Å². The van der Waals surface area contributed by atoms with Crippen LogP contribution < -0.4 is 0 Å². The van der Waals surface area contributed by atoms with Crippen LogP contribution in [0.2, 0.25) is 0 Å². The molecule has 0 aliphatic rings. The zero-order chi connectivity index (χ0) is 29.5. The van der Waals surface area contributed by atoms with Gasteiger partial charge in [-0.15, -0.1) is 0 Å². The van der Waals surface area contributed by atoms with E-state index in [1.165, 1.54) is 11.1 Å². The van der Waals surface area contributed by atoms with Crippen LogP contribution in [0.1, 0.15) is 0 Å². The largest absolute Gasteiger partial charge is 0.456 e. The Morgan fingerprint density at radius 1 is 0.267 bits per heavy atom. The van der Waals surface area contributed by atoms with Crippen molar-refractivity contribution in [3.8, 4) is 33.4 Å². The number of benzene rings is 7. The van der Waals surface area contributed by atoms with Crippen LogP contribution in [0.3, 0.4) is 0 Å². The summed E-state index contributed by atoms with van der Waals surface area (Å²) in [4.78, 5) is 0. The number of hydrogen-bond acceptors (Lipinski definition) is 3. The molecule has 45 heavy (non-hydrogen) atoms. The highest BCUT2D eigenvalue weighted by Crippen LogP contribution is 2.46. The molecule has 0 amide bonds. The van der Waals surface area contributed by atoms with E-state index in [9.17, 15) is 0 Å². The summed E-state index contributed by atoms with van der Waals surface area (Å²) in [5, 5.41) is 6.45. The summed E-state index contributed by atoms with van der Waals surface area (Å²) in [6.07, 6.45) is 0. The van der Waals surface area contributed by atoms with Crippen LogP contribution in [0.4, 0.5) is 0 Å². The van der Waals surface area contributed by atoms with Crippen LogP contribution in [0.25, 0.3) is 99.2 Å². The van der Waals surface area contributed by atoms with E-state index in [2.05, 4.69) is 121 Å². The van der Waals surface area contributed by atoms with Crippen molar-refractivity contribution in [1.29, 1.82) is 0 Å². The summed E-state index contributed by atoms with van der Waals surface area (Å²) in [6.45, 7) is 0. The molecule has 0 radical (unpaired) electrons. The third-order valence-electron chi connectivity index (χ3n) is 9.08. The topological polar surface area (TPSA) is 39.4 Å². The lowest BCUT2D eigenvalue weighted by Gasteiger charge is -2.05. The van der Waals surface area contributed by atoms with E-state index >= 15 is 0 Å². The average Bonchev–Trinajstić information content (AvgIpc) is 3.78. The van der Waals surface area contributed by atoms with Gasteiger partial charge in [-0.2, -0.15) is 0 Å². The molecule has 0 atom stereocenters. The Bertz CT molecular complexity index is 2610. The summed E-state index contributed by atoms with van der Waals surface area (Å²) in [5.41, 5.74) is 11.7. The van der Waals surface area contributed by atoms with Crippen LogP contribution in [-0.4, -0.2) is 0 Å². The van der Waals surface area contributed by atoms with Gasteiger partial charge in [-0.1, -0.05) is 97.1 Å². The smallest absolute Gasteiger partial charge is 0.147 e. The third kappa shape index (κ3) is 3.65. The normalized spacial score (nSPS) is 12.0. The summed E-state index contributed by atoms with van der Waals surface area (Å²) >= 11 is 0. The quantitative estimate of drug-likeness (QED) is 0.210. The van der Waals surface area contributed by atoms with Crippen LogP contribution in [0.5, 0.6) is 0 Å². The van der Waals surface area contributed by atoms with Gasteiger partial charge in [-0.05, 0) is 76.3 Å². The first kappa shape index (κ1) is 24.4. The molecule has 0 unspecified atom stereocenters. The van der Waals surface area contributed by atoms with Gasteiger partial charge in [-0.3, -0.25) is 0 Å². The minimum absolute atomic E-state index is 0.817. The van der Waals surface area contributed by atoms with Crippen molar-refractivity contribution in [3.05, 3.63) is 146 Å². The lowest BCUT2D eigenvalue weighted by Crippen LogP contribution is -1.82. The zero-order valence-electron chi connectivity index (χ0n) is 24.1. The fourth-order valence-corrected chi connectivity index (χ4v) is 6.90. The van der Waals surface area contributed by atoms with Crippen molar-refractivity contribution in [2.24, 2.45) is 0 Å². The predicted molar refractivity (Wildman–Crippen MR) is 185 cm³/mol. The summed E-state index contributed by atoms with van der Waals surface area (Å²) in [6, 6.07) is 50.7. The molecule has 0 saturated carbocycles. The molecule has 10 rings (SSSR count). The van der Waals surface area contributed by atoms with Gasteiger partial charge < -0.3 is 13.3 Å². The lowest BCUT2D eigenvalue weighted by molar-refractivity contribution is 0.658. The zero-order valence-corrected chi connectivity index (χ0v) is 24.1. The molecule has 3 heteroatoms. The van der Waals surface area contributed by atoms with Crippen molar-refractivity contribution in [3.63, 3.8) is 0 Å². The molecule has 0 saturated heterocycles. The highest BCUT2D eigenvalue weighted by Gasteiger charge is 2.22. The van der Waals surface area contributed by atoms with Gasteiger partial charge in [0.05, 0.1) is 5.56 Å². The molecular weight excluding hydrogens is 552 g/mol.